The summed E-state index contributed by atoms with van der Waals surface area (Å²) in [5.74, 6) is 0.0345. The van der Waals surface area contributed by atoms with Crippen LogP contribution in [0.2, 0.25) is 0 Å². The van der Waals surface area contributed by atoms with Crippen LogP contribution in [0.4, 0.5) is 4.79 Å². The highest BCUT2D eigenvalue weighted by atomic mass is 79.9. The zero-order valence-electron chi connectivity index (χ0n) is 14.1. The van der Waals surface area contributed by atoms with Crippen molar-refractivity contribution in [1.82, 2.24) is 10.6 Å². The molecule has 0 heterocycles. The molecule has 2 rings (SSSR count). The van der Waals surface area contributed by atoms with Crippen LogP contribution >= 0.6 is 15.9 Å². The molecule has 1 aliphatic rings. The molecule has 25 heavy (non-hydrogen) atoms. The summed E-state index contributed by atoms with van der Waals surface area (Å²) in [7, 11) is 1.45. The van der Waals surface area contributed by atoms with Gasteiger partial charge in [0.15, 0.2) is 23.9 Å². The average molecular weight is 413 g/mol. The first kappa shape index (κ1) is 19.2. The molecule has 0 aliphatic heterocycles. The number of hydrogen-bond donors (Lipinski definition) is 2. The maximum Gasteiger partial charge on any atom is 0.321 e. The highest BCUT2D eigenvalue weighted by Gasteiger charge is 2.22. The number of benzene rings is 1. The van der Waals surface area contributed by atoms with E-state index in [0.29, 0.717) is 22.1 Å². The van der Waals surface area contributed by atoms with Gasteiger partial charge < -0.3 is 14.8 Å². The van der Waals surface area contributed by atoms with Crippen molar-refractivity contribution < 1.29 is 23.9 Å². The van der Waals surface area contributed by atoms with Crippen LogP contribution in [-0.4, -0.2) is 37.5 Å². The standard InChI is InChI=1S/C17H21BrN2O5/c1-10(16(22)20-17(23)19-12-5-3-4-6-12)25-15-7-11(9-21)13(18)8-14(15)24-2/h7-10,12H,3-6H2,1-2H3,(H2,19,20,22,23)/t10-/m1/s1. The third kappa shape index (κ3) is 5.19. The molecule has 136 valence electrons. The van der Waals surface area contributed by atoms with Crippen molar-refractivity contribution in [3.8, 4) is 11.5 Å². The molecule has 2 N–H and O–H groups in total. The lowest BCUT2D eigenvalue weighted by atomic mass is 10.2. The molecule has 0 bridgehead atoms. The fourth-order valence-electron chi connectivity index (χ4n) is 2.64. The summed E-state index contributed by atoms with van der Waals surface area (Å²) < 4.78 is 11.3. The second-order valence-electron chi connectivity index (χ2n) is 5.85. The van der Waals surface area contributed by atoms with Crippen LogP contribution in [0.3, 0.4) is 0 Å². The Bertz CT molecular complexity index is 659. The number of carbonyl (C=O) groups is 3. The third-order valence-corrected chi connectivity index (χ3v) is 4.70. The van der Waals surface area contributed by atoms with Gasteiger partial charge in [0, 0.05) is 16.1 Å². The number of ether oxygens (including phenoxy) is 2. The highest BCUT2D eigenvalue weighted by molar-refractivity contribution is 9.10. The van der Waals surface area contributed by atoms with E-state index in [1.807, 2.05) is 0 Å². The van der Waals surface area contributed by atoms with Gasteiger partial charge in [-0.05, 0) is 47.8 Å². The number of carbonyl (C=O) groups excluding carboxylic acids is 3. The largest absolute Gasteiger partial charge is 0.493 e. The molecular weight excluding hydrogens is 392 g/mol. The van der Waals surface area contributed by atoms with Gasteiger partial charge in [0.2, 0.25) is 0 Å². The Labute approximate surface area is 154 Å². The molecule has 1 fully saturated rings. The van der Waals surface area contributed by atoms with E-state index in [2.05, 4.69) is 26.6 Å². The molecule has 1 aliphatic carbocycles. The smallest absolute Gasteiger partial charge is 0.321 e. The first-order valence-electron chi connectivity index (χ1n) is 8.05. The van der Waals surface area contributed by atoms with E-state index in [1.54, 1.807) is 6.07 Å². The van der Waals surface area contributed by atoms with Crippen LogP contribution in [0.1, 0.15) is 43.0 Å². The van der Waals surface area contributed by atoms with Crippen molar-refractivity contribution in [3.63, 3.8) is 0 Å². The molecule has 0 saturated heterocycles. The molecule has 0 aromatic heterocycles. The monoisotopic (exact) mass is 412 g/mol. The minimum Gasteiger partial charge on any atom is -0.493 e. The number of imide groups is 1. The summed E-state index contributed by atoms with van der Waals surface area (Å²) in [6, 6.07) is 2.64. The molecule has 3 amide bonds. The van der Waals surface area contributed by atoms with E-state index >= 15 is 0 Å². The molecule has 7 nitrogen and oxygen atoms in total. The maximum atomic E-state index is 12.1. The lowest BCUT2D eigenvalue weighted by Crippen LogP contribution is -2.47. The van der Waals surface area contributed by atoms with Crippen molar-refractivity contribution in [3.05, 3.63) is 22.2 Å². The first-order valence-corrected chi connectivity index (χ1v) is 8.84. The second-order valence-corrected chi connectivity index (χ2v) is 6.70. The summed E-state index contributed by atoms with van der Waals surface area (Å²) >= 11 is 3.25. The van der Waals surface area contributed by atoms with Crippen molar-refractivity contribution in [1.29, 1.82) is 0 Å². The summed E-state index contributed by atoms with van der Waals surface area (Å²) in [6.45, 7) is 1.51. The highest BCUT2D eigenvalue weighted by Crippen LogP contribution is 2.33. The number of halogens is 1. The van der Waals surface area contributed by atoms with Crippen LogP contribution in [0.15, 0.2) is 16.6 Å². The Kier molecular flexibility index (Phi) is 6.81. The molecule has 1 aromatic carbocycles. The second kappa shape index (κ2) is 8.84. The quantitative estimate of drug-likeness (QED) is 0.700. The number of urea groups is 1. The van der Waals surface area contributed by atoms with Crippen LogP contribution in [0.25, 0.3) is 0 Å². The zero-order chi connectivity index (χ0) is 18.4. The van der Waals surface area contributed by atoms with Gasteiger partial charge in [-0.2, -0.15) is 0 Å². The van der Waals surface area contributed by atoms with Gasteiger partial charge in [0.05, 0.1) is 7.11 Å². The van der Waals surface area contributed by atoms with Crippen molar-refractivity contribution in [2.75, 3.05) is 7.11 Å². The van der Waals surface area contributed by atoms with E-state index in [-0.39, 0.29) is 11.8 Å². The van der Waals surface area contributed by atoms with Crippen LogP contribution in [0.5, 0.6) is 11.5 Å². The minimum atomic E-state index is -0.941. The van der Waals surface area contributed by atoms with E-state index in [9.17, 15) is 14.4 Å². The number of methoxy groups -OCH3 is 1. The van der Waals surface area contributed by atoms with Crippen LogP contribution < -0.4 is 20.1 Å². The minimum absolute atomic E-state index is 0.116. The average Bonchev–Trinajstić information content (AvgIpc) is 3.08. The normalized spacial score (nSPS) is 15.3. The van der Waals surface area contributed by atoms with Gasteiger partial charge in [-0.3, -0.25) is 14.9 Å². The molecule has 0 spiro atoms. The van der Waals surface area contributed by atoms with Gasteiger partial charge in [-0.25, -0.2) is 4.79 Å². The van der Waals surface area contributed by atoms with Crippen molar-refractivity contribution >= 4 is 34.2 Å². The third-order valence-electron chi connectivity index (χ3n) is 4.01. The predicted octanol–water partition coefficient (Wildman–Crippen LogP) is 2.81. The lowest BCUT2D eigenvalue weighted by molar-refractivity contribution is -0.126. The SMILES string of the molecule is COc1cc(Br)c(C=O)cc1O[C@H](C)C(=O)NC(=O)NC1CCCC1. The molecule has 1 saturated carbocycles. The summed E-state index contributed by atoms with van der Waals surface area (Å²) in [6.07, 6.45) is 3.75. The van der Waals surface area contributed by atoms with E-state index in [1.165, 1.54) is 20.1 Å². The van der Waals surface area contributed by atoms with E-state index < -0.39 is 18.0 Å². The molecule has 1 atom stereocenters. The number of rotatable bonds is 6. The Morgan fingerprint density at radius 2 is 1.96 bits per heavy atom. The predicted molar refractivity (Wildman–Crippen MR) is 95.1 cm³/mol. The van der Waals surface area contributed by atoms with E-state index in [4.69, 9.17) is 9.47 Å². The Morgan fingerprint density at radius 3 is 2.56 bits per heavy atom. The Morgan fingerprint density at radius 1 is 1.28 bits per heavy atom. The Balaban J connectivity index is 1.98. The van der Waals surface area contributed by atoms with Gasteiger partial charge in [0.25, 0.3) is 5.91 Å². The summed E-state index contributed by atoms with van der Waals surface area (Å²) in [5, 5.41) is 5.04. The molecular formula is C17H21BrN2O5. The van der Waals surface area contributed by atoms with E-state index in [0.717, 1.165) is 25.7 Å². The summed E-state index contributed by atoms with van der Waals surface area (Å²) in [5.41, 5.74) is 0.363. The zero-order valence-corrected chi connectivity index (χ0v) is 15.7. The Hall–Kier alpha value is -2.09. The maximum absolute atomic E-state index is 12.1. The van der Waals surface area contributed by atoms with Gasteiger partial charge in [-0.1, -0.05) is 12.8 Å². The molecule has 0 radical (unpaired) electrons. The summed E-state index contributed by atoms with van der Waals surface area (Å²) in [4.78, 5) is 35.0. The van der Waals surface area contributed by atoms with Crippen molar-refractivity contribution in [2.24, 2.45) is 0 Å². The lowest BCUT2D eigenvalue weighted by Gasteiger charge is -2.18. The van der Waals surface area contributed by atoms with Crippen LogP contribution in [-0.2, 0) is 4.79 Å². The topological polar surface area (TPSA) is 93.7 Å². The van der Waals surface area contributed by atoms with Gasteiger partial charge in [0.1, 0.15) is 0 Å². The number of hydrogen-bond acceptors (Lipinski definition) is 5. The number of amides is 3. The van der Waals surface area contributed by atoms with Crippen LogP contribution in [0, 0.1) is 0 Å². The van der Waals surface area contributed by atoms with Crippen molar-refractivity contribution in [2.45, 2.75) is 44.8 Å². The fraction of sp³-hybridized carbons (Fsp3) is 0.471. The molecule has 8 heteroatoms. The fourth-order valence-corrected chi connectivity index (χ4v) is 3.06. The number of aldehydes is 1. The molecule has 0 unspecified atom stereocenters. The molecule has 1 aromatic rings. The number of nitrogens with one attached hydrogen (secondary N) is 2. The first-order chi connectivity index (χ1) is 11.9. The van der Waals surface area contributed by atoms with Gasteiger partial charge >= 0.3 is 6.03 Å². The van der Waals surface area contributed by atoms with Gasteiger partial charge in [-0.15, -0.1) is 0 Å².